The Bertz CT molecular complexity index is 463. The van der Waals surface area contributed by atoms with Crippen molar-refractivity contribution in [1.82, 2.24) is 0 Å². The maximum atomic E-state index is 5.00. The van der Waals surface area contributed by atoms with Gasteiger partial charge in [-0.05, 0) is 31.4 Å². The lowest BCUT2D eigenvalue weighted by Gasteiger charge is -2.30. The zero-order valence-corrected chi connectivity index (χ0v) is 11.1. The summed E-state index contributed by atoms with van der Waals surface area (Å²) >= 11 is 9.99. The Morgan fingerprint density at radius 2 is 2.25 bits per heavy atom. The Kier molecular flexibility index (Phi) is 3.26. The van der Waals surface area contributed by atoms with Crippen LogP contribution >= 0.6 is 12.2 Å². The fraction of sp³-hybridized carbons (Fsp3) is 0.308. The third-order valence-electron chi connectivity index (χ3n) is 2.91. The fourth-order valence-electron chi connectivity index (χ4n) is 2.06. The van der Waals surface area contributed by atoms with Crippen LogP contribution in [-0.2, 0) is 19.0 Å². The fourth-order valence-corrected chi connectivity index (χ4v) is 2.36. The Labute approximate surface area is 108 Å². The summed E-state index contributed by atoms with van der Waals surface area (Å²) in [5.74, 6) is 0. The highest BCUT2D eigenvalue weighted by Crippen LogP contribution is 2.30. The van der Waals surface area contributed by atoms with Crippen molar-refractivity contribution in [2.24, 2.45) is 0 Å². The summed E-state index contributed by atoms with van der Waals surface area (Å²) in [6, 6.07) is 6.56. The van der Waals surface area contributed by atoms with E-state index in [1.165, 1.54) is 22.5 Å². The molecule has 0 aliphatic carbocycles. The molecule has 0 N–H and O–H groups in total. The molecule has 0 bridgehead atoms. The minimum Gasteiger partial charge on any atom is -0.432 e. The average molecular weight is 248 g/mol. The number of nitrogens with zero attached hydrogens (tertiary/aromatic N) is 1. The van der Waals surface area contributed by atoms with Gasteiger partial charge >= 0.3 is 0 Å². The highest BCUT2D eigenvalue weighted by atomic mass is 32.1. The van der Waals surface area contributed by atoms with Crippen molar-refractivity contribution in [1.29, 1.82) is 0 Å². The van der Waals surface area contributed by atoms with E-state index < -0.39 is 0 Å². The molecule has 0 aromatic heterocycles. The van der Waals surface area contributed by atoms with Gasteiger partial charge in [0, 0.05) is 18.4 Å². The molecule has 0 radical (unpaired) electrons. The summed E-state index contributed by atoms with van der Waals surface area (Å²) < 4.78 is 0.633. The number of aryl methyl sites for hydroxylation is 1. The van der Waals surface area contributed by atoms with Crippen LogP contribution in [0.3, 0.4) is 0 Å². The SMILES string of the molecule is Cc1ccc2c(c1)CC=C(CC(=S)[S-])N2C. The second-order valence-corrected chi connectivity index (χ2v) is 5.38. The van der Waals surface area contributed by atoms with Gasteiger partial charge in [-0.25, -0.2) is 0 Å². The lowest BCUT2D eigenvalue weighted by Crippen LogP contribution is -2.22. The van der Waals surface area contributed by atoms with E-state index in [-0.39, 0.29) is 0 Å². The van der Waals surface area contributed by atoms with E-state index >= 15 is 0 Å². The van der Waals surface area contributed by atoms with Crippen LogP contribution in [0.4, 0.5) is 5.69 Å². The van der Waals surface area contributed by atoms with E-state index in [2.05, 4.69) is 43.1 Å². The molecule has 0 fully saturated rings. The normalized spacial score (nSPS) is 14.4. The molecule has 1 heterocycles. The monoisotopic (exact) mass is 248 g/mol. The molecule has 16 heavy (non-hydrogen) atoms. The summed E-state index contributed by atoms with van der Waals surface area (Å²) in [6.45, 7) is 2.12. The van der Waals surface area contributed by atoms with Crippen LogP contribution in [0.1, 0.15) is 17.5 Å². The maximum absolute atomic E-state index is 5.00. The maximum Gasteiger partial charge on any atom is 0.0441 e. The van der Waals surface area contributed by atoms with Crippen LogP contribution in [0.2, 0.25) is 0 Å². The first-order valence-corrected chi connectivity index (χ1v) is 6.11. The molecule has 1 aromatic carbocycles. The summed E-state index contributed by atoms with van der Waals surface area (Å²) in [4.78, 5) is 2.19. The first-order chi connectivity index (χ1) is 7.58. The smallest absolute Gasteiger partial charge is 0.0441 e. The second kappa shape index (κ2) is 4.52. The largest absolute Gasteiger partial charge is 0.432 e. The number of fused-ring (bicyclic) bond motifs is 1. The van der Waals surface area contributed by atoms with Crippen LogP contribution in [0.25, 0.3) is 0 Å². The van der Waals surface area contributed by atoms with Gasteiger partial charge < -0.3 is 29.7 Å². The lowest BCUT2D eigenvalue weighted by molar-refractivity contribution is 0.982. The van der Waals surface area contributed by atoms with Gasteiger partial charge in [0.2, 0.25) is 0 Å². The van der Waals surface area contributed by atoms with Crippen molar-refractivity contribution in [2.45, 2.75) is 19.8 Å². The number of thiocarbonyl (C=S) groups is 1. The predicted octanol–water partition coefficient (Wildman–Crippen LogP) is 3.14. The minimum absolute atomic E-state index is 0.633. The van der Waals surface area contributed by atoms with E-state index in [9.17, 15) is 0 Å². The molecule has 0 saturated heterocycles. The Morgan fingerprint density at radius 1 is 1.50 bits per heavy atom. The molecule has 1 nitrogen and oxygen atoms in total. The topological polar surface area (TPSA) is 3.24 Å². The molecule has 3 heteroatoms. The molecule has 0 unspecified atom stereocenters. The molecule has 0 atom stereocenters. The van der Waals surface area contributed by atoms with Crippen molar-refractivity contribution in [3.8, 4) is 0 Å². The summed E-state index contributed by atoms with van der Waals surface area (Å²) in [5, 5.41) is 0. The Hall–Kier alpha value is -0.930. The van der Waals surface area contributed by atoms with E-state index in [1.807, 2.05) is 0 Å². The van der Waals surface area contributed by atoms with Gasteiger partial charge in [0.1, 0.15) is 0 Å². The number of allylic oxidation sites excluding steroid dienone is 2. The lowest BCUT2D eigenvalue weighted by atomic mass is 10.0. The number of rotatable bonds is 2. The van der Waals surface area contributed by atoms with Crippen molar-refractivity contribution in [3.05, 3.63) is 41.1 Å². The zero-order valence-electron chi connectivity index (χ0n) is 9.49. The first kappa shape index (κ1) is 11.6. The number of benzene rings is 1. The molecular weight excluding hydrogens is 234 g/mol. The number of hydrogen-bond acceptors (Lipinski definition) is 3. The Balaban J connectivity index is 2.31. The van der Waals surface area contributed by atoms with Crippen LogP contribution in [0, 0.1) is 6.92 Å². The first-order valence-electron chi connectivity index (χ1n) is 5.30. The van der Waals surface area contributed by atoms with E-state index in [0.29, 0.717) is 10.6 Å². The molecular formula is C13H14NS2-. The Morgan fingerprint density at radius 3 is 2.94 bits per heavy atom. The molecule has 84 valence electrons. The molecule has 2 rings (SSSR count). The van der Waals surface area contributed by atoms with Crippen LogP contribution < -0.4 is 4.90 Å². The molecule has 0 amide bonds. The second-order valence-electron chi connectivity index (χ2n) is 4.14. The van der Waals surface area contributed by atoms with Crippen LogP contribution in [0.5, 0.6) is 0 Å². The van der Waals surface area contributed by atoms with Gasteiger partial charge in [-0.1, -0.05) is 23.8 Å². The van der Waals surface area contributed by atoms with Crippen molar-refractivity contribution < 1.29 is 0 Å². The van der Waals surface area contributed by atoms with Gasteiger partial charge in [0.15, 0.2) is 0 Å². The quantitative estimate of drug-likeness (QED) is 0.585. The summed E-state index contributed by atoms with van der Waals surface area (Å²) in [6.07, 6.45) is 3.92. The van der Waals surface area contributed by atoms with Gasteiger partial charge in [0.05, 0.1) is 0 Å². The third kappa shape index (κ3) is 2.25. The highest BCUT2D eigenvalue weighted by molar-refractivity contribution is 8.00. The highest BCUT2D eigenvalue weighted by Gasteiger charge is 2.15. The van der Waals surface area contributed by atoms with Crippen molar-refractivity contribution in [3.63, 3.8) is 0 Å². The van der Waals surface area contributed by atoms with E-state index in [4.69, 9.17) is 24.8 Å². The number of anilines is 1. The van der Waals surface area contributed by atoms with Crippen molar-refractivity contribution >= 4 is 34.7 Å². The predicted molar refractivity (Wildman–Crippen MR) is 75.9 cm³/mol. The van der Waals surface area contributed by atoms with E-state index in [0.717, 1.165) is 6.42 Å². The van der Waals surface area contributed by atoms with Gasteiger partial charge in [-0.2, -0.15) is 0 Å². The van der Waals surface area contributed by atoms with E-state index in [1.54, 1.807) is 0 Å². The van der Waals surface area contributed by atoms with Crippen molar-refractivity contribution in [2.75, 3.05) is 11.9 Å². The molecule has 0 saturated carbocycles. The molecule has 1 aliphatic heterocycles. The van der Waals surface area contributed by atoms with Gasteiger partial charge in [0.25, 0.3) is 0 Å². The van der Waals surface area contributed by atoms with Gasteiger partial charge in [-0.3, -0.25) is 0 Å². The standard InChI is InChI=1S/C13H15NS2/c1-9-3-6-12-10(7-9)4-5-11(14(12)2)8-13(15)16/h3,5-7H,4,8H2,1-2H3,(H,15,16)/p-1. The number of hydrogen-bond donors (Lipinski definition) is 0. The summed E-state index contributed by atoms with van der Waals surface area (Å²) in [7, 11) is 2.08. The van der Waals surface area contributed by atoms with Gasteiger partial charge in [-0.15, -0.1) is 4.20 Å². The zero-order chi connectivity index (χ0) is 11.7. The molecule has 1 aliphatic rings. The molecule has 1 aromatic rings. The van der Waals surface area contributed by atoms with Crippen LogP contribution in [-0.4, -0.2) is 11.2 Å². The van der Waals surface area contributed by atoms with Crippen LogP contribution in [0.15, 0.2) is 30.0 Å². The average Bonchev–Trinajstić information content (AvgIpc) is 2.22. The minimum atomic E-state index is 0.633. The molecule has 0 spiro atoms. The summed E-state index contributed by atoms with van der Waals surface area (Å²) in [5.41, 5.74) is 5.18. The third-order valence-corrected chi connectivity index (χ3v) is 3.20.